The average Bonchev–Trinajstić information content (AvgIpc) is 2.47. The second kappa shape index (κ2) is 6.76. The van der Waals surface area contributed by atoms with Crippen molar-refractivity contribution in [1.82, 2.24) is 15.1 Å². The highest BCUT2D eigenvalue weighted by molar-refractivity contribution is 4.90. The van der Waals surface area contributed by atoms with Crippen molar-refractivity contribution in [1.29, 1.82) is 0 Å². The van der Waals surface area contributed by atoms with E-state index in [2.05, 4.69) is 42.8 Å². The first-order valence-electron chi connectivity index (χ1n) is 8.63. The lowest BCUT2D eigenvalue weighted by Crippen LogP contribution is -2.54. The zero-order valence-electron chi connectivity index (χ0n) is 14.2. The van der Waals surface area contributed by atoms with E-state index in [-0.39, 0.29) is 0 Å². The molecule has 0 aromatic heterocycles. The number of nitrogens with one attached hydrogen (secondary N) is 1. The Hall–Kier alpha value is -0.120. The fraction of sp³-hybridized carbons (Fsp3) is 1.00. The van der Waals surface area contributed by atoms with Crippen LogP contribution < -0.4 is 5.32 Å². The minimum Gasteiger partial charge on any atom is -0.314 e. The minimum atomic E-state index is 0.342. The molecule has 0 bridgehead atoms. The Morgan fingerprint density at radius 3 is 1.65 bits per heavy atom. The molecule has 2 heterocycles. The number of hydrogen-bond donors (Lipinski definition) is 1. The van der Waals surface area contributed by atoms with E-state index >= 15 is 0 Å². The van der Waals surface area contributed by atoms with Gasteiger partial charge in [-0.1, -0.05) is 6.42 Å². The molecule has 0 atom stereocenters. The Balaban J connectivity index is 1.85. The molecule has 1 N–H and O–H groups in total. The molecule has 3 heteroatoms. The van der Waals surface area contributed by atoms with Crippen LogP contribution in [-0.4, -0.2) is 60.1 Å². The van der Waals surface area contributed by atoms with Gasteiger partial charge in [-0.3, -0.25) is 9.80 Å². The number of rotatable bonds is 5. The van der Waals surface area contributed by atoms with Gasteiger partial charge in [-0.15, -0.1) is 0 Å². The van der Waals surface area contributed by atoms with Crippen LogP contribution in [0.2, 0.25) is 0 Å². The van der Waals surface area contributed by atoms with Crippen molar-refractivity contribution in [3.63, 3.8) is 0 Å². The van der Waals surface area contributed by atoms with Crippen molar-refractivity contribution < 1.29 is 0 Å². The van der Waals surface area contributed by atoms with Gasteiger partial charge in [-0.05, 0) is 66.5 Å². The van der Waals surface area contributed by atoms with E-state index in [9.17, 15) is 0 Å². The third-order valence-electron chi connectivity index (χ3n) is 5.53. The predicted octanol–water partition coefficient (Wildman–Crippen LogP) is 2.71. The molecule has 0 radical (unpaired) electrons. The third-order valence-corrected chi connectivity index (χ3v) is 5.53. The summed E-state index contributed by atoms with van der Waals surface area (Å²) < 4.78 is 0. The normalized spacial score (nSPS) is 24.0. The quantitative estimate of drug-likeness (QED) is 0.836. The van der Waals surface area contributed by atoms with Gasteiger partial charge < -0.3 is 5.32 Å². The SMILES string of the molecule is CC(C)(CCC(C)(C)N1CCNCC1)N1CCCCC1. The van der Waals surface area contributed by atoms with Crippen LogP contribution in [-0.2, 0) is 0 Å². The van der Waals surface area contributed by atoms with Crippen molar-refractivity contribution in [2.45, 2.75) is 70.9 Å². The van der Waals surface area contributed by atoms with Crippen molar-refractivity contribution in [2.75, 3.05) is 39.3 Å². The summed E-state index contributed by atoms with van der Waals surface area (Å²) in [6.07, 6.45) is 6.83. The van der Waals surface area contributed by atoms with Crippen LogP contribution in [0.4, 0.5) is 0 Å². The van der Waals surface area contributed by atoms with Crippen molar-refractivity contribution in [2.24, 2.45) is 0 Å². The second-order valence-corrected chi connectivity index (χ2v) is 7.91. The summed E-state index contributed by atoms with van der Waals surface area (Å²) in [5, 5.41) is 3.46. The maximum Gasteiger partial charge on any atom is 0.0155 e. The number of piperidine rings is 1. The van der Waals surface area contributed by atoms with Gasteiger partial charge in [-0.2, -0.15) is 0 Å². The van der Waals surface area contributed by atoms with Gasteiger partial charge in [0.05, 0.1) is 0 Å². The molecule has 0 amide bonds. The molecule has 0 spiro atoms. The number of likely N-dealkylation sites (tertiary alicyclic amines) is 1. The molecular weight excluding hydrogens is 246 g/mol. The maximum atomic E-state index is 3.46. The van der Waals surface area contributed by atoms with E-state index in [1.807, 2.05) is 0 Å². The van der Waals surface area contributed by atoms with Gasteiger partial charge in [0.25, 0.3) is 0 Å². The zero-order valence-corrected chi connectivity index (χ0v) is 14.2. The second-order valence-electron chi connectivity index (χ2n) is 7.91. The highest BCUT2D eigenvalue weighted by atomic mass is 15.2. The Morgan fingerprint density at radius 2 is 1.15 bits per heavy atom. The fourth-order valence-corrected chi connectivity index (χ4v) is 3.70. The zero-order chi connectivity index (χ0) is 14.6. The Kier molecular flexibility index (Phi) is 5.49. The molecule has 20 heavy (non-hydrogen) atoms. The first-order chi connectivity index (χ1) is 9.42. The lowest BCUT2D eigenvalue weighted by atomic mass is 9.86. The maximum absolute atomic E-state index is 3.46. The van der Waals surface area contributed by atoms with Crippen LogP contribution in [0.5, 0.6) is 0 Å². The lowest BCUT2D eigenvalue weighted by molar-refractivity contribution is 0.0490. The van der Waals surface area contributed by atoms with Crippen LogP contribution >= 0.6 is 0 Å². The van der Waals surface area contributed by atoms with Gasteiger partial charge in [-0.25, -0.2) is 0 Å². The topological polar surface area (TPSA) is 18.5 Å². The molecule has 0 aliphatic carbocycles. The van der Waals surface area contributed by atoms with Crippen molar-refractivity contribution >= 4 is 0 Å². The largest absolute Gasteiger partial charge is 0.314 e. The molecule has 3 nitrogen and oxygen atoms in total. The summed E-state index contributed by atoms with van der Waals surface area (Å²) in [6.45, 7) is 17.1. The molecule has 2 aliphatic rings. The van der Waals surface area contributed by atoms with Gasteiger partial charge in [0.1, 0.15) is 0 Å². The number of piperazine rings is 1. The third kappa shape index (κ3) is 4.19. The predicted molar refractivity (Wildman–Crippen MR) is 87.3 cm³/mol. The first kappa shape index (κ1) is 16.3. The Morgan fingerprint density at radius 1 is 0.700 bits per heavy atom. The van der Waals surface area contributed by atoms with E-state index < -0.39 is 0 Å². The van der Waals surface area contributed by atoms with Crippen LogP contribution in [0.3, 0.4) is 0 Å². The van der Waals surface area contributed by atoms with Gasteiger partial charge >= 0.3 is 0 Å². The molecule has 0 aromatic rings. The smallest absolute Gasteiger partial charge is 0.0155 e. The number of hydrogen-bond acceptors (Lipinski definition) is 3. The van der Waals surface area contributed by atoms with E-state index in [0.717, 1.165) is 13.1 Å². The van der Waals surface area contributed by atoms with E-state index in [1.54, 1.807) is 0 Å². The van der Waals surface area contributed by atoms with Crippen LogP contribution in [0.15, 0.2) is 0 Å². The van der Waals surface area contributed by atoms with Crippen LogP contribution in [0, 0.1) is 0 Å². The summed E-state index contributed by atoms with van der Waals surface area (Å²) in [5.41, 5.74) is 0.709. The van der Waals surface area contributed by atoms with Gasteiger partial charge in [0, 0.05) is 37.3 Å². The highest BCUT2D eigenvalue weighted by Gasteiger charge is 2.33. The van der Waals surface area contributed by atoms with Crippen LogP contribution in [0.25, 0.3) is 0 Å². The van der Waals surface area contributed by atoms with Crippen molar-refractivity contribution in [3.8, 4) is 0 Å². The van der Waals surface area contributed by atoms with Gasteiger partial charge in [0.2, 0.25) is 0 Å². The van der Waals surface area contributed by atoms with E-state index in [1.165, 1.54) is 58.3 Å². The molecule has 0 unspecified atom stereocenters. The summed E-state index contributed by atoms with van der Waals surface area (Å²) in [6, 6.07) is 0. The fourth-order valence-electron chi connectivity index (χ4n) is 3.70. The molecule has 0 saturated carbocycles. The minimum absolute atomic E-state index is 0.342. The average molecular weight is 281 g/mol. The lowest BCUT2D eigenvalue weighted by Gasteiger charge is -2.46. The van der Waals surface area contributed by atoms with E-state index in [4.69, 9.17) is 0 Å². The van der Waals surface area contributed by atoms with E-state index in [0.29, 0.717) is 11.1 Å². The summed E-state index contributed by atoms with van der Waals surface area (Å²) in [5.74, 6) is 0. The molecule has 2 saturated heterocycles. The van der Waals surface area contributed by atoms with Gasteiger partial charge in [0.15, 0.2) is 0 Å². The summed E-state index contributed by atoms with van der Waals surface area (Å²) in [7, 11) is 0. The highest BCUT2D eigenvalue weighted by Crippen LogP contribution is 2.30. The Bertz CT molecular complexity index is 257. The van der Waals surface area contributed by atoms with Crippen molar-refractivity contribution in [3.05, 3.63) is 0 Å². The summed E-state index contributed by atoms with van der Waals surface area (Å²) in [4.78, 5) is 5.40. The summed E-state index contributed by atoms with van der Waals surface area (Å²) >= 11 is 0. The molecule has 118 valence electrons. The molecular formula is C17H35N3. The molecule has 0 aromatic carbocycles. The molecule has 2 aliphatic heterocycles. The number of nitrogens with zero attached hydrogens (tertiary/aromatic N) is 2. The Labute approximate surface area is 126 Å². The molecule has 2 rings (SSSR count). The van der Waals surface area contributed by atoms with Crippen LogP contribution in [0.1, 0.15) is 59.8 Å². The molecule has 2 fully saturated rings. The monoisotopic (exact) mass is 281 g/mol. The standard InChI is InChI=1S/C17H35N3/c1-16(2,19-12-6-5-7-13-19)8-9-17(3,4)20-14-10-18-11-15-20/h18H,5-15H2,1-4H3. The first-order valence-corrected chi connectivity index (χ1v) is 8.63.